The number of carbonyl (C=O) groups excluding carboxylic acids is 4. The minimum absolute atomic E-state index is 0.227. The first-order chi connectivity index (χ1) is 14.7. The van der Waals surface area contributed by atoms with Crippen molar-refractivity contribution in [2.75, 3.05) is 4.90 Å². The van der Waals surface area contributed by atoms with Crippen molar-refractivity contribution in [1.29, 1.82) is 0 Å². The zero-order valence-electron chi connectivity index (χ0n) is 16.8. The number of imide groups is 2. The van der Waals surface area contributed by atoms with Gasteiger partial charge in [-0.3, -0.25) is 14.9 Å². The van der Waals surface area contributed by atoms with Gasteiger partial charge in [0.1, 0.15) is 5.57 Å². The molecule has 3 aromatic rings. The zero-order chi connectivity index (χ0) is 22.3. The molecule has 0 bridgehead atoms. The number of amides is 4. The summed E-state index contributed by atoms with van der Waals surface area (Å²) in [5.41, 5.74) is 2.95. The van der Waals surface area contributed by atoms with Gasteiger partial charge in [-0.1, -0.05) is 24.3 Å². The van der Waals surface area contributed by atoms with Crippen molar-refractivity contribution < 1.29 is 24.3 Å². The molecular weight excluding hydrogens is 398 g/mol. The van der Waals surface area contributed by atoms with Crippen LogP contribution in [0, 0.1) is 13.8 Å². The molecule has 0 radical (unpaired) electrons. The quantitative estimate of drug-likeness (QED) is 0.514. The predicted octanol–water partition coefficient (Wildman–Crippen LogP) is 1.67. The van der Waals surface area contributed by atoms with Crippen LogP contribution in [0.25, 0.3) is 17.0 Å². The highest BCUT2D eigenvalue weighted by molar-refractivity contribution is 6.39. The van der Waals surface area contributed by atoms with Gasteiger partial charge in [0.05, 0.1) is 18.2 Å². The van der Waals surface area contributed by atoms with Crippen LogP contribution in [0.2, 0.25) is 0 Å². The second-order valence-corrected chi connectivity index (χ2v) is 7.41. The summed E-state index contributed by atoms with van der Waals surface area (Å²) in [7, 11) is 0. The SMILES string of the molecule is Cc1cc(C)cc(N2C(=O)NC(=O)/C(=C\c3cn(CC(=O)[O-])c4ccccc34)C2=O)c1. The van der Waals surface area contributed by atoms with E-state index in [1.54, 1.807) is 36.4 Å². The van der Waals surface area contributed by atoms with Crippen molar-refractivity contribution in [3.05, 3.63) is 70.9 Å². The Labute approximate surface area is 177 Å². The summed E-state index contributed by atoms with van der Waals surface area (Å²) in [5.74, 6) is -2.83. The van der Waals surface area contributed by atoms with Crippen LogP contribution >= 0.6 is 0 Å². The molecule has 1 aromatic heterocycles. The highest BCUT2D eigenvalue weighted by Crippen LogP contribution is 2.27. The second kappa shape index (κ2) is 7.56. The number of hydrogen-bond donors (Lipinski definition) is 1. The third kappa shape index (κ3) is 3.71. The molecule has 4 rings (SSSR count). The number of carbonyl (C=O) groups is 4. The van der Waals surface area contributed by atoms with Crippen molar-refractivity contribution in [2.45, 2.75) is 20.4 Å². The molecule has 0 unspecified atom stereocenters. The largest absolute Gasteiger partial charge is 0.548 e. The maximum atomic E-state index is 13.2. The van der Waals surface area contributed by atoms with Crippen molar-refractivity contribution in [2.24, 2.45) is 0 Å². The third-order valence-electron chi connectivity index (χ3n) is 4.99. The van der Waals surface area contributed by atoms with Gasteiger partial charge in [-0.2, -0.15) is 0 Å². The van der Waals surface area contributed by atoms with Crippen molar-refractivity contribution in [3.63, 3.8) is 0 Å². The zero-order valence-corrected chi connectivity index (χ0v) is 16.8. The summed E-state index contributed by atoms with van der Waals surface area (Å²) in [6, 6.07) is 11.5. The smallest absolute Gasteiger partial charge is 0.335 e. The molecule has 0 atom stereocenters. The minimum Gasteiger partial charge on any atom is -0.548 e. The van der Waals surface area contributed by atoms with E-state index in [2.05, 4.69) is 5.32 Å². The van der Waals surface area contributed by atoms with Crippen LogP contribution in [0.15, 0.2) is 54.2 Å². The molecule has 31 heavy (non-hydrogen) atoms. The molecule has 156 valence electrons. The van der Waals surface area contributed by atoms with Gasteiger partial charge in [-0.15, -0.1) is 0 Å². The van der Waals surface area contributed by atoms with Crippen molar-refractivity contribution >= 4 is 46.5 Å². The lowest BCUT2D eigenvalue weighted by molar-refractivity contribution is -0.306. The van der Waals surface area contributed by atoms with Gasteiger partial charge in [0, 0.05) is 22.7 Å². The Kier molecular flexibility index (Phi) is 4.90. The molecule has 8 heteroatoms. The molecule has 2 heterocycles. The van der Waals surface area contributed by atoms with E-state index >= 15 is 0 Å². The van der Waals surface area contributed by atoms with E-state index in [1.807, 2.05) is 19.9 Å². The van der Waals surface area contributed by atoms with Gasteiger partial charge < -0.3 is 14.5 Å². The highest BCUT2D eigenvalue weighted by atomic mass is 16.4. The summed E-state index contributed by atoms with van der Waals surface area (Å²) in [4.78, 5) is 50.1. The fourth-order valence-corrected chi connectivity index (χ4v) is 3.79. The summed E-state index contributed by atoms with van der Waals surface area (Å²) < 4.78 is 1.47. The maximum absolute atomic E-state index is 13.2. The van der Waals surface area contributed by atoms with Crippen LogP contribution < -0.4 is 15.3 Å². The molecule has 1 saturated heterocycles. The van der Waals surface area contributed by atoms with Gasteiger partial charge in [0.25, 0.3) is 11.8 Å². The molecule has 1 aliphatic rings. The number of para-hydroxylation sites is 1. The van der Waals surface area contributed by atoms with Crippen LogP contribution in [-0.2, 0) is 20.9 Å². The van der Waals surface area contributed by atoms with Crippen molar-refractivity contribution in [1.82, 2.24) is 9.88 Å². The first kappa shape index (κ1) is 20.1. The van der Waals surface area contributed by atoms with E-state index in [0.717, 1.165) is 16.0 Å². The van der Waals surface area contributed by atoms with E-state index in [1.165, 1.54) is 16.8 Å². The summed E-state index contributed by atoms with van der Waals surface area (Å²) in [6.45, 7) is 3.31. The Hall–Kier alpha value is -4.20. The lowest BCUT2D eigenvalue weighted by Crippen LogP contribution is -2.54. The van der Waals surface area contributed by atoms with Gasteiger partial charge >= 0.3 is 6.03 Å². The molecule has 0 spiro atoms. The van der Waals surface area contributed by atoms with Gasteiger partial charge in [-0.25, -0.2) is 9.69 Å². The first-order valence-electron chi connectivity index (χ1n) is 9.52. The lowest BCUT2D eigenvalue weighted by Gasteiger charge is -2.26. The lowest BCUT2D eigenvalue weighted by atomic mass is 10.0. The number of nitrogens with one attached hydrogen (secondary N) is 1. The number of urea groups is 1. The number of benzene rings is 2. The summed E-state index contributed by atoms with van der Waals surface area (Å²) >= 11 is 0. The number of carboxylic acid groups (broad SMARTS) is 1. The summed E-state index contributed by atoms with van der Waals surface area (Å²) in [6.07, 6.45) is 2.90. The number of carboxylic acids is 1. The van der Waals surface area contributed by atoms with Crippen molar-refractivity contribution in [3.8, 4) is 0 Å². The number of anilines is 1. The first-order valence-corrected chi connectivity index (χ1v) is 9.52. The fraction of sp³-hybridized carbons (Fsp3) is 0.130. The van der Waals surface area contributed by atoms with E-state index in [4.69, 9.17) is 0 Å². The molecule has 1 aliphatic heterocycles. The van der Waals surface area contributed by atoms with Gasteiger partial charge in [0.2, 0.25) is 0 Å². The molecule has 0 saturated carbocycles. The van der Waals surface area contributed by atoms with E-state index in [0.29, 0.717) is 22.2 Å². The maximum Gasteiger partial charge on any atom is 0.335 e. The summed E-state index contributed by atoms with van der Waals surface area (Å²) in [5, 5.41) is 14.0. The molecule has 1 N–H and O–H groups in total. The molecule has 8 nitrogen and oxygen atoms in total. The minimum atomic E-state index is -1.27. The Bertz CT molecular complexity index is 1280. The average Bonchev–Trinajstić information content (AvgIpc) is 3.01. The molecule has 2 aromatic carbocycles. The Morgan fingerprint density at radius 1 is 1.06 bits per heavy atom. The molecule has 1 fully saturated rings. The van der Waals surface area contributed by atoms with E-state index in [9.17, 15) is 24.3 Å². The number of aryl methyl sites for hydroxylation is 2. The van der Waals surface area contributed by atoms with Crippen LogP contribution in [0.1, 0.15) is 16.7 Å². The Morgan fingerprint density at radius 3 is 2.42 bits per heavy atom. The molecular formula is C23H18N3O5-. The van der Waals surface area contributed by atoms with Gasteiger partial charge in [0.15, 0.2) is 0 Å². The number of rotatable bonds is 4. The second-order valence-electron chi connectivity index (χ2n) is 7.41. The number of fused-ring (bicyclic) bond motifs is 1. The molecule has 4 amide bonds. The normalized spacial score (nSPS) is 15.6. The van der Waals surface area contributed by atoms with Crippen LogP contribution in [0.3, 0.4) is 0 Å². The Morgan fingerprint density at radius 2 is 1.74 bits per heavy atom. The number of nitrogens with zero attached hydrogens (tertiary/aromatic N) is 2. The fourth-order valence-electron chi connectivity index (χ4n) is 3.79. The van der Waals surface area contributed by atoms with E-state index in [-0.39, 0.29) is 12.1 Å². The number of aromatic nitrogens is 1. The number of aliphatic carboxylic acids is 1. The van der Waals surface area contributed by atoms with E-state index < -0.39 is 23.8 Å². The monoisotopic (exact) mass is 416 g/mol. The van der Waals surface area contributed by atoms with Crippen LogP contribution in [-0.4, -0.2) is 28.4 Å². The number of hydrogen-bond acceptors (Lipinski definition) is 5. The van der Waals surface area contributed by atoms with Crippen LogP contribution in [0.5, 0.6) is 0 Å². The highest BCUT2D eigenvalue weighted by Gasteiger charge is 2.37. The number of barbiturate groups is 1. The average molecular weight is 416 g/mol. The predicted molar refractivity (Wildman–Crippen MR) is 112 cm³/mol. The third-order valence-corrected chi connectivity index (χ3v) is 4.99. The standard InChI is InChI=1S/C23H19N3O5/c1-13-7-14(2)9-16(8-13)26-22(30)18(21(29)24-23(26)31)10-15-11-25(12-20(27)28)19-6-4-3-5-17(15)19/h3-11H,12H2,1-2H3,(H,27,28)(H,24,29,31)/p-1/b18-10+. The van der Waals surface area contributed by atoms with Crippen LogP contribution in [0.4, 0.5) is 10.5 Å². The Balaban J connectivity index is 1.82. The topological polar surface area (TPSA) is 112 Å². The van der Waals surface area contributed by atoms with Gasteiger partial charge in [-0.05, 0) is 49.2 Å². The molecule has 0 aliphatic carbocycles.